The maximum atomic E-state index is 13.0. The number of benzene rings is 1. The molecule has 1 spiro atoms. The summed E-state index contributed by atoms with van der Waals surface area (Å²) in [6.45, 7) is 3.78. The van der Waals surface area contributed by atoms with Gasteiger partial charge < -0.3 is 10.2 Å². The molecule has 1 aromatic rings. The molecule has 29 heavy (non-hydrogen) atoms. The number of nitrogens with one attached hydrogen (secondary N) is 1. The van der Waals surface area contributed by atoms with Gasteiger partial charge in [-0.05, 0) is 62.3 Å². The Kier molecular flexibility index (Phi) is 6.13. The van der Waals surface area contributed by atoms with Crippen molar-refractivity contribution in [2.75, 3.05) is 18.0 Å². The van der Waals surface area contributed by atoms with Gasteiger partial charge in [0.05, 0.1) is 12.5 Å². The zero-order valence-corrected chi connectivity index (χ0v) is 17.5. The second-order valence-corrected chi connectivity index (χ2v) is 8.38. The molecular weight excluding hydrogens is 392 g/mol. The first kappa shape index (κ1) is 21.1. The minimum absolute atomic E-state index is 0.134. The molecule has 0 aromatic heterocycles. The third kappa shape index (κ3) is 4.23. The molecule has 2 aliphatic rings. The lowest BCUT2D eigenvalue weighted by Gasteiger charge is -2.33. The highest BCUT2D eigenvalue weighted by atomic mass is 35.5. The van der Waals surface area contributed by atoms with Crippen molar-refractivity contribution in [3.8, 4) is 6.07 Å². The highest BCUT2D eigenvalue weighted by molar-refractivity contribution is 6.31. The SMILES string of the molecule is Cc1cc(N(CCC#N)C(=O)CN2C(=O)NC3(CCC(C)CC3)C2=O)ccc1Cl. The molecule has 1 aliphatic heterocycles. The molecule has 1 aliphatic carbocycles. The molecule has 154 valence electrons. The van der Waals surface area contributed by atoms with Gasteiger partial charge in [0.15, 0.2) is 0 Å². The summed E-state index contributed by atoms with van der Waals surface area (Å²) in [7, 11) is 0. The summed E-state index contributed by atoms with van der Waals surface area (Å²) in [6.07, 6.45) is 3.06. The summed E-state index contributed by atoms with van der Waals surface area (Å²) in [5.41, 5.74) is 0.502. The van der Waals surface area contributed by atoms with Crippen molar-refractivity contribution >= 4 is 35.1 Å². The number of rotatable bonds is 5. The number of imide groups is 1. The van der Waals surface area contributed by atoms with Crippen molar-refractivity contribution in [3.63, 3.8) is 0 Å². The number of hydrogen-bond acceptors (Lipinski definition) is 4. The average molecular weight is 417 g/mol. The van der Waals surface area contributed by atoms with Crippen LogP contribution in [0.5, 0.6) is 0 Å². The van der Waals surface area contributed by atoms with Gasteiger partial charge in [-0.2, -0.15) is 5.26 Å². The van der Waals surface area contributed by atoms with Crippen LogP contribution in [0.15, 0.2) is 18.2 Å². The van der Waals surface area contributed by atoms with Gasteiger partial charge in [0.2, 0.25) is 5.91 Å². The van der Waals surface area contributed by atoms with Gasteiger partial charge in [0, 0.05) is 17.3 Å². The van der Waals surface area contributed by atoms with Gasteiger partial charge in [-0.25, -0.2) is 4.79 Å². The molecule has 1 saturated carbocycles. The monoisotopic (exact) mass is 416 g/mol. The molecular formula is C21H25ClN4O3. The Morgan fingerprint density at radius 1 is 1.38 bits per heavy atom. The predicted octanol–water partition coefficient (Wildman–Crippen LogP) is 3.40. The summed E-state index contributed by atoms with van der Waals surface area (Å²) in [4.78, 5) is 41.0. The molecule has 1 aromatic carbocycles. The highest BCUT2D eigenvalue weighted by Crippen LogP contribution is 2.36. The van der Waals surface area contributed by atoms with Gasteiger partial charge >= 0.3 is 6.03 Å². The van der Waals surface area contributed by atoms with Crippen molar-refractivity contribution in [2.24, 2.45) is 5.92 Å². The number of nitriles is 1. The summed E-state index contributed by atoms with van der Waals surface area (Å²) in [6, 6.07) is 6.65. The van der Waals surface area contributed by atoms with Crippen LogP contribution in [0.2, 0.25) is 5.02 Å². The van der Waals surface area contributed by atoms with Crippen molar-refractivity contribution in [1.82, 2.24) is 10.2 Å². The van der Waals surface area contributed by atoms with E-state index in [0.29, 0.717) is 29.5 Å². The normalized spacial score (nSPS) is 23.8. The third-order valence-electron chi connectivity index (χ3n) is 5.87. The Labute approximate surface area is 175 Å². The zero-order chi connectivity index (χ0) is 21.2. The van der Waals surface area contributed by atoms with Crippen molar-refractivity contribution in [2.45, 2.75) is 51.5 Å². The second kappa shape index (κ2) is 8.42. The van der Waals surface area contributed by atoms with E-state index < -0.39 is 17.5 Å². The average Bonchev–Trinajstić information content (AvgIpc) is 2.91. The molecule has 1 saturated heterocycles. The lowest BCUT2D eigenvalue weighted by Crippen LogP contribution is -2.50. The van der Waals surface area contributed by atoms with E-state index in [-0.39, 0.29) is 25.4 Å². The number of urea groups is 1. The van der Waals surface area contributed by atoms with Crippen LogP contribution >= 0.6 is 11.6 Å². The Balaban J connectivity index is 1.78. The molecule has 0 radical (unpaired) electrons. The molecule has 2 fully saturated rings. The Bertz CT molecular complexity index is 871. The predicted molar refractivity (Wildman–Crippen MR) is 109 cm³/mol. The van der Waals surface area contributed by atoms with E-state index in [1.807, 2.05) is 13.0 Å². The van der Waals surface area contributed by atoms with Gasteiger partial charge in [0.25, 0.3) is 5.91 Å². The fourth-order valence-electron chi connectivity index (χ4n) is 3.99. The summed E-state index contributed by atoms with van der Waals surface area (Å²) in [5.74, 6) is -0.211. The van der Waals surface area contributed by atoms with E-state index in [1.165, 1.54) is 4.90 Å². The molecule has 8 heteroatoms. The molecule has 0 atom stereocenters. The van der Waals surface area contributed by atoms with Crippen molar-refractivity contribution in [3.05, 3.63) is 28.8 Å². The number of carbonyl (C=O) groups is 3. The van der Waals surface area contributed by atoms with Crippen LogP contribution in [0.1, 0.15) is 44.6 Å². The number of halogens is 1. The quantitative estimate of drug-likeness (QED) is 0.744. The summed E-state index contributed by atoms with van der Waals surface area (Å²) in [5, 5.41) is 12.4. The molecule has 7 nitrogen and oxygen atoms in total. The number of hydrogen-bond donors (Lipinski definition) is 1. The molecule has 4 amide bonds. The first-order valence-corrected chi connectivity index (χ1v) is 10.2. The lowest BCUT2D eigenvalue weighted by atomic mass is 9.77. The Morgan fingerprint density at radius 2 is 2.07 bits per heavy atom. The van der Waals surface area contributed by atoms with E-state index in [0.717, 1.165) is 23.3 Å². The van der Waals surface area contributed by atoms with Crippen LogP contribution in [0.25, 0.3) is 0 Å². The van der Waals surface area contributed by atoms with E-state index in [4.69, 9.17) is 16.9 Å². The molecule has 0 unspecified atom stereocenters. The number of amides is 4. The number of aryl methyl sites for hydroxylation is 1. The lowest BCUT2D eigenvalue weighted by molar-refractivity contribution is -0.135. The smallest absolute Gasteiger partial charge is 0.323 e. The number of carbonyl (C=O) groups excluding carboxylic acids is 3. The maximum Gasteiger partial charge on any atom is 0.325 e. The van der Waals surface area contributed by atoms with Crippen molar-refractivity contribution < 1.29 is 14.4 Å². The van der Waals surface area contributed by atoms with Gasteiger partial charge in [-0.3, -0.25) is 14.5 Å². The van der Waals surface area contributed by atoms with E-state index >= 15 is 0 Å². The van der Waals surface area contributed by atoms with Crippen LogP contribution in [0, 0.1) is 24.2 Å². The van der Waals surface area contributed by atoms with E-state index in [2.05, 4.69) is 12.2 Å². The summed E-state index contributed by atoms with van der Waals surface area (Å²) < 4.78 is 0. The largest absolute Gasteiger partial charge is 0.325 e. The minimum atomic E-state index is -0.877. The maximum absolute atomic E-state index is 13.0. The first-order chi connectivity index (χ1) is 13.8. The van der Waals surface area contributed by atoms with Crippen LogP contribution in [-0.4, -0.2) is 41.4 Å². The number of nitrogens with zero attached hydrogens (tertiary/aromatic N) is 3. The molecule has 1 N–H and O–H groups in total. The van der Waals surface area contributed by atoms with Crippen LogP contribution in [0.3, 0.4) is 0 Å². The fourth-order valence-corrected chi connectivity index (χ4v) is 4.11. The van der Waals surface area contributed by atoms with Crippen molar-refractivity contribution in [1.29, 1.82) is 5.26 Å². The topological polar surface area (TPSA) is 93.5 Å². The zero-order valence-electron chi connectivity index (χ0n) is 16.7. The molecule has 1 heterocycles. The van der Waals surface area contributed by atoms with E-state index in [9.17, 15) is 14.4 Å². The summed E-state index contributed by atoms with van der Waals surface area (Å²) >= 11 is 6.08. The molecule has 0 bridgehead atoms. The standard InChI is InChI=1S/C21H25ClN4O3/c1-14-6-8-21(9-7-14)19(28)26(20(29)24-21)13-18(27)25(11-3-10-23)16-4-5-17(22)15(2)12-16/h4-5,12,14H,3,6-9,11,13H2,1-2H3,(H,24,29). The van der Waals surface area contributed by atoms with Crippen LogP contribution < -0.4 is 10.2 Å². The first-order valence-electron chi connectivity index (χ1n) is 9.85. The Morgan fingerprint density at radius 3 is 2.69 bits per heavy atom. The van der Waals surface area contributed by atoms with Crippen LogP contribution in [0.4, 0.5) is 10.5 Å². The Hall–Kier alpha value is -2.59. The fraction of sp³-hybridized carbons (Fsp3) is 0.524. The third-order valence-corrected chi connectivity index (χ3v) is 6.29. The highest BCUT2D eigenvalue weighted by Gasteiger charge is 2.52. The van der Waals surface area contributed by atoms with Gasteiger partial charge in [0.1, 0.15) is 12.1 Å². The van der Waals surface area contributed by atoms with Crippen LogP contribution in [-0.2, 0) is 9.59 Å². The molecule has 3 rings (SSSR count). The van der Waals surface area contributed by atoms with E-state index in [1.54, 1.807) is 18.2 Å². The van der Waals surface area contributed by atoms with Gasteiger partial charge in [-0.1, -0.05) is 18.5 Å². The number of anilines is 1. The second-order valence-electron chi connectivity index (χ2n) is 7.97. The minimum Gasteiger partial charge on any atom is -0.323 e. The van der Waals surface area contributed by atoms with Gasteiger partial charge in [-0.15, -0.1) is 0 Å².